The molecule has 1 aromatic rings. The zero-order valence-corrected chi connectivity index (χ0v) is 15.2. The first-order valence-corrected chi connectivity index (χ1v) is 10.1. The number of para-hydroxylation sites is 1. The predicted octanol–water partition coefficient (Wildman–Crippen LogP) is 1.32. The molecule has 2 saturated heterocycles. The van der Waals surface area contributed by atoms with E-state index in [1.807, 2.05) is 32.0 Å². The lowest BCUT2D eigenvalue weighted by Gasteiger charge is -2.41. The summed E-state index contributed by atoms with van der Waals surface area (Å²) in [5, 5.41) is 0. The first kappa shape index (κ1) is 17.2. The Labute approximate surface area is 143 Å². The summed E-state index contributed by atoms with van der Waals surface area (Å²) in [6.07, 6.45) is 2.48. The molecule has 0 saturated carbocycles. The Morgan fingerprint density at radius 3 is 2.42 bits per heavy atom. The van der Waals surface area contributed by atoms with Crippen LogP contribution >= 0.6 is 0 Å². The van der Waals surface area contributed by atoms with Crippen LogP contribution in [0.4, 0.5) is 0 Å². The van der Waals surface area contributed by atoms with Gasteiger partial charge in [0.2, 0.25) is 15.9 Å². The Hall–Kier alpha value is -1.60. The molecule has 2 fully saturated rings. The van der Waals surface area contributed by atoms with E-state index in [9.17, 15) is 13.2 Å². The Morgan fingerprint density at radius 2 is 1.83 bits per heavy atom. The van der Waals surface area contributed by atoms with E-state index in [2.05, 4.69) is 0 Å². The minimum Gasteiger partial charge on any atom is -0.486 e. The lowest BCUT2D eigenvalue weighted by Crippen LogP contribution is -2.60. The van der Waals surface area contributed by atoms with Crippen molar-refractivity contribution in [3.8, 4) is 5.75 Å². The molecular formula is C17H24N2O4S. The number of sulfonamides is 1. The molecule has 2 aliphatic rings. The Morgan fingerprint density at radius 1 is 1.21 bits per heavy atom. The Kier molecular flexibility index (Phi) is 4.57. The number of aryl methyl sites for hydroxylation is 2. The average Bonchev–Trinajstić information content (AvgIpc) is 2.93. The Balaban J connectivity index is 1.59. The number of likely N-dealkylation sites (tertiary alicyclic amines) is 1. The molecule has 1 aromatic carbocycles. The summed E-state index contributed by atoms with van der Waals surface area (Å²) in [5.74, 6) is 0.785. The number of ether oxygens (including phenoxy) is 1. The monoisotopic (exact) mass is 352 g/mol. The number of amides is 1. The van der Waals surface area contributed by atoms with Gasteiger partial charge in [0.25, 0.3) is 0 Å². The van der Waals surface area contributed by atoms with Crippen LogP contribution in [0.15, 0.2) is 18.2 Å². The van der Waals surface area contributed by atoms with E-state index in [0.29, 0.717) is 26.1 Å². The van der Waals surface area contributed by atoms with Crippen LogP contribution in [0.3, 0.4) is 0 Å². The van der Waals surface area contributed by atoms with Crippen LogP contribution in [-0.2, 0) is 14.8 Å². The van der Waals surface area contributed by atoms with Gasteiger partial charge in [-0.1, -0.05) is 18.2 Å². The normalized spacial score (nSPS) is 22.5. The van der Waals surface area contributed by atoms with E-state index < -0.39 is 16.1 Å². The Bertz CT molecular complexity index is 721. The molecule has 0 aromatic heterocycles. The molecule has 0 unspecified atom stereocenters. The number of hydrogen-bond acceptors (Lipinski definition) is 4. The van der Waals surface area contributed by atoms with Crippen LogP contribution < -0.4 is 4.74 Å². The van der Waals surface area contributed by atoms with Crippen LogP contribution in [0.2, 0.25) is 0 Å². The fraction of sp³-hybridized carbons (Fsp3) is 0.588. The molecule has 3 rings (SSSR count). The highest BCUT2D eigenvalue weighted by molar-refractivity contribution is 7.88. The maximum atomic E-state index is 12.6. The van der Waals surface area contributed by atoms with E-state index in [0.717, 1.165) is 23.3 Å². The van der Waals surface area contributed by atoms with Crippen molar-refractivity contribution in [1.82, 2.24) is 9.21 Å². The molecule has 7 heteroatoms. The van der Waals surface area contributed by atoms with Crippen molar-refractivity contribution in [1.29, 1.82) is 0 Å². The molecule has 0 aliphatic carbocycles. The highest BCUT2D eigenvalue weighted by atomic mass is 32.2. The SMILES string of the molecule is Cc1cccc(C)c1OC1CN(C(=O)[C@@H]2CCCN2S(C)(=O)=O)C1. The quantitative estimate of drug-likeness (QED) is 0.820. The molecule has 0 bridgehead atoms. The summed E-state index contributed by atoms with van der Waals surface area (Å²) in [6.45, 7) is 5.48. The molecule has 6 nitrogen and oxygen atoms in total. The summed E-state index contributed by atoms with van der Waals surface area (Å²) in [4.78, 5) is 14.3. The number of nitrogens with zero attached hydrogens (tertiary/aromatic N) is 2. The summed E-state index contributed by atoms with van der Waals surface area (Å²) in [5.41, 5.74) is 2.16. The molecular weight excluding hydrogens is 328 g/mol. The van der Waals surface area contributed by atoms with E-state index >= 15 is 0 Å². The van der Waals surface area contributed by atoms with Gasteiger partial charge in [-0.3, -0.25) is 4.79 Å². The number of hydrogen-bond donors (Lipinski definition) is 0. The van der Waals surface area contributed by atoms with Crippen molar-refractivity contribution in [3.63, 3.8) is 0 Å². The minimum atomic E-state index is -3.33. The maximum Gasteiger partial charge on any atom is 0.241 e. The smallest absolute Gasteiger partial charge is 0.241 e. The van der Waals surface area contributed by atoms with E-state index in [1.165, 1.54) is 10.6 Å². The molecule has 2 heterocycles. The topological polar surface area (TPSA) is 66.9 Å². The van der Waals surface area contributed by atoms with Crippen molar-refractivity contribution in [2.24, 2.45) is 0 Å². The van der Waals surface area contributed by atoms with Crippen molar-refractivity contribution < 1.29 is 17.9 Å². The molecule has 0 spiro atoms. The van der Waals surface area contributed by atoms with Crippen LogP contribution in [0, 0.1) is 13.8 Å². The summed E-state index contributed by atoms with van der Waals surface area (Å²) < 4.78 is 30.9. The summed E-state index contributed by atoms with van der Waals surface area (Å²) >= 11 is 0. The van der Waals surface area contributed by atoms with E-state index in [1.54, 1.807) is 4.90 Å². The van der Waals surface area contributed by atoms with E-state index in [4.69, 9.17) is 4.74 Å². The molecule has 0 N–H and O–H groups in total. The van der Waals surface area contributed by atoms with Crippen molar-refractivity contribution in [2.45, 2.75) is 38.8 Å². The average molecular weight is 352 g/mol. The van der Waals surface area contributed by atoms with Gasteiger partial charge in [-0.2, -0.15) is 4.31 Å². The number of carbonyl (C=O) groups is 1. The lowest BCUT2D eigenvalue weighted by atomic mass is 10.1. The zero-order valence-electron chi connectivity index (χ0n) is 14.4. The largest absolute Gasteiger partial charge is 0.486 e. The van der Waals surface area contributed by atoms with Gasteiger partial charge >= 0.3 is 0 Å². The van der Waals surface area contributed by atoms with Gasteiger partial charge in [0.1, 0.15) is 17.9 Å². The molecule has 24 heavy (non-hydrogen) atoms. The van der Waals surface area contributed by atoms with Gasteiger partial charge in [-0.05, 0) is 37.8 Å². The lowest BCUT2D eigenvalue weighted by molar-refractivity contribution is -0.143. The van der Waals surface area contributed by atoms with Crippen LogP contribution in [-0.4, -0.2) is 61.6 Å². The molecule has 132 valence electrons. The van der Waals surface area contributed by atoms with Crippen LogP contribution in [0.25, 0.3) is 0 Å². The molecule has 1 atom stereocenters. The summed E-state index contributed by atoms with van der Waals surface area (Å²) in [6, 6.07) is 5.47. The van der Waals surface area contributed by atoms with Crippen LogP contribution in [0.1, 0.15) is 24.0 Å². The number of carbonyl (C=O) groups excluding carboxylic acids is 1. The standard InChI is InChI=1S/C17H24N2O4S/c1-12-6-4-7-13(2)16(12)23-14-10-18(11-14)17(20)15-8-5-9-19(15)24(3,21)22/h4,6-7,14-15H,5,8-11H2,1-3H3/t15-/m0/s1. The van der Waals surface area contributed by atoms with Gasteiger partial charge in [0.05, 0.1) is 19.3 Å². The first-order chi connectivity index (χ1) is 11.3. The molecule has 0 radical (unpaired) electrons. The van der Waals surface area contributed by atoms with Gasteiger partial charge in [-0.25, -0.2) is 8.42 Å². The third-order valence-corrected chi connectivity index (χ3v) is 6.06. The predicted molar refractivity (Wildman–Crippen MR) is 91.5 cm³/mol. The maximum absolute atomic E-state index is 12.6. The first-order valence-electron chi connectivity index (χ1n) is 8.26. The third-order valence-electron chi connectivity index (χ3n) is 4.77. The third kappa shape index (κ3) is 3.28. The number of rotatable bonds is 4. The van der Waals surface area contributed by atoms with Gasteiger partial charge in [0.15, 0.2) is 0 Å². The molecule has 2 aliphatic heterocycles. The highest BCUT2D eigenvalue weighted by Gasteiger charge is 2.42. The summed E-state index contributed by atoms with van der Waals surface area (Å²) in [7, 11) is -3.33. The van der Waals surface area contributed by atoms with Gasteiger partial charge in [-0.15, -0.1) is 0 Å². The highest BCUT2D eigenvalue weighted by Crippen LogP contribution is 2.28. The van der Waals surface area contributed by atoms with Gasteiger partial charge < -0.3 is 9.64 Å². The van der Waals surface area contributed by atoms with Crippen LogP contribution in [0.5, 0.6) is 5.75 Å². The second kappa shape index (κ2) is 6.37. The van der Waals surface area contributed by atoms with Crippen molar-refractivity contribution in [3.05, 3.63) is 29.3 Å². The minimum absolute atomic E-state index is 0.0261. The van der Waals surface area contributed by atoms with Crippen molar-refractivity contribution in [2.75, 3.05) is 25.9 Å². The van der Waals surface area contributed by atoms with E-state index in [-0.39, 0.29) is 12.0 Å². The second-order valence-electron chi connectivity index (χ2n) is 6.74. The van der Waals surface area contributed by atoms with Crippen molar-refractivity contribution >= 4 is 15.9 Å². The zero-order chi connectivity index (χ0) is 17.5. The fourth-order valence-electron chi connectivity index (χ4n) is 3.44. The number of benzene rings is 1. The fourth-order valence-corrected chi connectivity index (χ4v) is 4.56. The molecule has 1 amide bonds. The van der Waals surface area contributed by atoms with Gasteiger partial charge in [0, 0.05) is 6.54 Å². The second-order valence-corrected chi connectivity index (χ2v) is 8.67.